The fraction of sp³-hybridized carbons (Fsp3) is 0.167. The molecule has 0 aliphatic heterocycles. The van der Waals surface area contributed by atoms with Crippen LogP contribution in [0.3, 0.4) is 0 Å². The minimum absolute atomic E-state index is 0.594. The van der Waals surface area contributed by atoms with Gasteiger partial charge in [0.2, 0.25) is 0 Å². The minimum atomic E-state index is 0.594. The van der Waals surface area contributed by atoms with Crippen molar-refractivity contribution in [2.45, 2.75) is 12.8 Å². The molecule has 0 aromatic heterocycles. The van der Waals surface area contributed by atoms with Gasteiger partial charge in [-0.1, -0.05) is 24.3 Å². The van der Waals surface area contributed by atoms with E-state index in [-0.39, 0.29) is 0 Å². The van der Waals surface area contributed by atoms with Crippen LogP contribution in [-0.2, 0) is 6.42 Å². The molecule has 0 saturated heterocycles. The van der Waals surface area contributed by atoms with E-state index in [2.05, 4.69) is 6.58 Å². The third-order valence-corrected chi connectivity index (χ3v) is 2.10. The Hall–Kier alpha value is -1.70. The molecule has 0 radical (unpaired) electrons. The Labute approximate surface area is 83.3 Å². The van der Waals surface area contributed by atoms with Crippen LogP contribution in [0.1, 0.15) is 32.7 Å². The Morgan fingerprint density at radius 2 is 1.71 bits per heavy atom. The van der Waals surface area contributed by atoms with E-state index in [4.69, 9.17) is 0 Å². The predicted octanol–water partition coefficient (Wildman–Crippen LogP) is 2.43. The maximum absolute atomic E-state index is 10.7. The average molecular weight is 188 g/mol. The lowest BCUT2D eigenvalue weighted by molar-refractivity contribution is 0.112. The first kappa shape index (κ1) is 10.4. The van der Waals surface area contributed by atoms with Crippen molar-refractivity contribution in [3.05, 3.63) is 47.5 Å². The molecule has 0 saturated carbocycles. The van der Waals surface area contributed by atoms with Crippen molar-refractivity contribution >= 4 is 12.6 Å². The second-order valence-electron chi connectivity index (χ2n) is 2.98. The van der Waals surface area contributed by atoms with Gasteiger partial charge in [-0.25, -0.2) is 0 Å². The molecule has 14 heavy (non-hydrogen) atoms. The van der Waals surface area contributed by atoms with E-state index in [1.807, 2.05) is 0 Å². The predicted molar refractivity (Wildman–Crippen MR) is 55.7 cm³/mol. The molecule has 2 nitrogen and oxygen atoms in total. The Bertz CT molecular complexity index is 327. The van der Waals surface area contributed by atoms with Crippen LogP contribution >= 0.6 is 0 Å². The zero-order chi connectivity index (χ0) is 10.4. The van der Waals surface area contributed by atoms with Gasteiger partial charge in [-0.3, -0.25) is 9.59 Å². The quantitative estimate of drug-likeness (QED) is 0.525. The molecule has 0 aliphatic carbocycles. The maximum Gasteiger partial charge on any atom is 0.150 e. The highest BCUT2D eigenvalue weighted by molar-refractivity contribution is 5.85. The highest BCUT2D eigenvalue weighted by Crippen LogP contribution is 2.14. The van der Waals surface area contributed by atoms with Gasteiger partial charge in [-0.05, 0) is 18.4 Å². The minimum Gasteiger partial charge on any atom is -0.298 e. The molecular weight excluding hydrogens is 176 g/mol. The average Bonchev–Trinajstić information content (AvgIpc) is 2.25. The number of rotatable bonds is 5. The zero-order valence-corrected chi connectivity index (χ0v) is 7.90. The molecule has 1 aromatic rings. The molecule has 72 valence electrons. The number of carbonyl (C=O) groups excluding carboxylic acids is 2. The van der Waals surface area contributed by atoms with Crippen molar-refractivity contribution in [2.75, 3.05) is 0 Å². The lowest BCUT2D eigenvalue weighted by atomic mass is 9.98. The van der Waals surface area contributed by atoms with Crippen LogP contribution in [0, 0.1) is 0 Å². The fourth-order valence-corrected chi connectivity index (χ4v) is 1.38. The van der Waals surface area contributed by atoms with Crippen LogP contribution in [0.5, 0.6) is 0 Å². The molecule has 0 N–H and O–H groups in total. The lowest BCUT2D eigenvalue weighted by Gasteiger charge is -2.05. The van der Waals surface area contributed by atoms with Gasteiger partial charge in [-0.15, -0.1) is 6.58 Å². The fourth-order valence-electron chi connectivity index (χ4n) is 1.38. The Morgan fingerprint density at radius 3 is 2.14 bits per heavy atom. The van der Waals surface area contributed by atoms with E-state index in [0.29, 0.717) is 17.5 Å². The highest BCUT2D eigenvalue weighted by Gasteiger charge is 2.05. The first-order chi connectivity index (χ1) is 6.83. The van der Waals surface area contributed by atoms with E-state index >= 15 is 0 Å². The summed E-state index contributed by atoms with van der Waals surface area (Å²) < 4.78 is 0. The Kier molecular flexibility index (Phi) is 3.80. The van der Waals surface area contributed by atoms with Crippen molar-refractivity contribution in [3.63, 3.8) is 0 Å². The third kappa shape index (κ3) is 2.16. The molecular formula is C12H12O2. The second-order valence-corrected chi connectivity index (χ2v) is 2.98. The normalized spacial score (nSPS) is 9.43. The number of hydrogen-bond donors (Lipinski definition) is 0. The van der Waals surface area contributed by atoms with Crippen LogP contribution in [0.25, 0.3) is 0 Å². The van der Waals surface area contributed by atoms with Crippen molar-refractivity contribution in [2.24, 2.45) is 0 Å². The first-order valence-corrected chi connectivity index (χ1v) is 4.46. The molecule has 0 amide bonds. The molecule has 0 atom stereocenters. The van der Waals surface area contributed by atoms with Gasteiger partial charge in [0.1, 0.15) is 12.6 Å². The van der Waals surface area contributed by atoms with E-state index in [0.717, 1.165) is 24.6 Å². The van der Waals surface area contributed by atoms with Gasteiger partial charge in [0.15, 0.2) is 0 Å². The third-order valence-electron chi connectivity index (χ3n) is 2.10. The van der Waals surface area contributed by atoms with Gasteiger partial charge in [-0.2, -0.15) is 0 Å². The van der Waals surface area contributed by atoms with Gasteiger partial charge in [0.25, 0.3) is 0 Å². The van der Waals surface area contributed by atoms with Crippen LogP contribution in [-0.4, -0.2) is 12.6 Å². The summed E-state index contributed by atoms with van der Waals surface area (Å²) in [6.45, 7) is 3.61. The molecule has 1 rings (SSSR count). The molecule has 0 aliphatic rings. The number of carbonyl (C=O) groups is 2. The van der Waals surface area contributed by atoms with Crippen LogP contribution in [0.2, 0.25) is 0 Å². The van der Waals surface area contributed by atoms with E-state index < -0.39 is 0 Å². The number of hydrogen-bond acceptors (Lipinski definition) is 2. The summed E-state index contributed by atoms with van der Waals surface area (Å²) in [5, 5.41) is 0. The summed E-state index contributed by atoms with van der Waals surface area (Å²) >= 11 is 0. The Morgan fingerprint density at radius 1 is 1.14 bits per heavy atom. The largest absolute Gasteiger partial charge is 0.298 e. The molecule has 1 aromatic carbocycles. The molecule has 0 fully saturated rings. The molecule has 0 unspecified atom stereocenters. The molecule has 2 heteroatoms. The summed E-state index contributed by atoms with van der Waals surface area (Å²) in [6.07, 6.45) is 4.80. The summed E-state index contributed by atoms with van der Waals surface area (Å²) in [6, 6.07) is 5.15. The SMILES string of the molecule is C=CCCc1c(C=O)cccc1C=O. The monoisotopic (exact) mass is 188 g/mol. The van der Waals surface area contributed by atoms with Gasteiger partial charge in [0, 0.05) is 11.1 Å². The number of aldehydes is 2. The summed E-state index contributed by atoms with van der Waals surface area (Å²) in [7, 11) is 0. The van der Waals surface area contributed by atoms with Crippen LogP contribution in [0.4, 0.5) is 0 Å². The van der Waals surface area contributed by atoms with E-state index in [1.54, 1.807) is 24.3 Å². The van der Waals surface area contributed by atoms with Crippen molar-refractivity contribution in [3.8, 4) is 0 Å². The standard InChI is InChI=1S/C12H12O2/c1-2-3-7-12-10(8-13)5-4-6-11(12)9-14/h2,4-6,8-9H,1,3,7H2. The van der Waals surface area contributed by atoms with Crippen molar-refractivity contribution in [1.82, 2.24) is 0 Å². The molecule has 0 heterocycles. The highest BCUT2D eigenvalue weighted by atomic mass is 16.1. The van der Waals surface area contributed by atoms with Gasteiger partial charge < -0.3 is 0 Å². The number of allylic oxidation sites excluding steroid dienone is 1. The van der Waals surface area contributed by atoms with Gasteiger partial charge >= 0.3 is 0 Å². The van der Waals surface area contributed by atoms with Crippen LogP contribution < -0.4 is 0 Å². The van der Waals surface area contributed by atoms with E-state index in [9.17, 15) is 9.59 Å². The zero-order valence-electron chi connectivity index (χ0n) is 7.90. The van der Waals surface area contributed by atoms with Crippen LogP contribution in [0.15, 0.2) is 30.9 Å². The number of benzene rings is 1. The lowest BCUT2D eigenvalue weighted by Crippen LogP contribution is -1.98. The van der Waals surface area contributed by atoms with Crippen molar-refractivity contribution in [1.29, 1.82) is 0 Å². The van der Waals surface area contributed by atoms with E-state index in [1.165, 1.54) is 0 Å². The molecule has 0 spiro atoms. The second kappa shape index (κ2) is 5.12. The summed E-state index contributed by atoms with van der Waals surface area (Å²) in [5.74, 6) is 0. The van der Waals surface area contributed by atoms with Gasteiger partial charge in [0.05, 0.1) is 0 Å². The van der Waals surface area contributed by atoms with Crippen molar-refractivity contribution < 1.29 is 9.59 Å². The summed E-state index contributed by atoms with van der Waals surface area (Å²) in [4.78, 5) is 21.4. The first-order valence-electron chi connectivity index (χ1n) is 4.46. The maximum atomic E-state index is 10.7. The topological polar surface area (TPSA) is 34.1 Å². The molecule has 0 bridgehead atoms. The summed E-state index contributed by atoms with van der Waals surface area (Å²) in [5.41, 5.74) is 2.00. The Balaban J connectivity index is 3.11. The smallest absolute Gasteiger partial charge is 0.150 e.